The lowest BCUT2D eigenvalue weighted by atomic mass is 9.99. The molecule has 0 radical (unpaired) electrons. The van der Waals surface area contributed by atoms with Crippen LogP contribution in [0.5, 0.6) is 5.88 Å². The Labute approximate surface area is 160 Å². The third kappa shape index (κ3) is 5.05. The van der Waals surface area contributed by atoms with Crippen LogP contribution in [-0.4, -0.2) is 35.3 Å². The summed E-state index contributed by atoms with van der Waals surface area (Å²) in [6.45, 7) is 4.93. The maximum absolute atomic E-state index is 5.37. The molecule has 2 aromatic rings. The van der Waals surface area contributed by atoms with Crippen molar-refractivity contribution in [2.45, 2.75) is 26.3 Å². The number of ether oxygens (including phenoxy) is 1. The van der Waals surface area contributed by atoms with Crippen molar-refractivity contribution in [1.29, 1.82) is 0 Å². The Hall–Kier alpha value is -2.41. The minimum Gasteiger partial charge on any atom is -0.481 e. The van der Waals surface area contributed by atoms with Crippen LogP contribution in [0.4, 0.5) is 11.8 Å². The van der Waals surface area contributed by atoms with Gasteiger partial charge in [-0.2, -0.15) is 9.97 Å². The maximum atomic E-state index is 5.37. The van der Waals surface area contributed by atoms with E-state index in [1.807, 2.05) is 36.4 Å². The lowest BCUT2D eigenvalue weighted by molar-refractivity contribution is 0.396. The number of rotatable bonds is 5. The van der Waals surface area contributed by atoms with Crippen LogP contribution in [0.1, 0.15) is 25.3 Å². The molecular weight excluding hydrogens is 346 g/mol. The van der Waals surface area contributed by atoms with Gasteiger partial charge in [0.15, 0.2) is 5.11 Å². The molecule has 0 bridgehead atoms. The van der Waals surface area contributed by atoms with Gasteiger partial charge < -0.3 is 20.3 Å². The van der Waals surface area contributed by atoms with E-state index in [-0.39, 0.29) is 0 Å². The smallest absolute Gasteiger partial charge is 0.234 e. The predicted molar refractivity (Wildman–Crippen MR) is 109 cm³/mol. The average molecular weight is 372 g/mol. The van der Waals surface area contributed by atoms with E-state index in [0.29, 0.717) is 23.5 Å². The Balaban J connectivity index is 1.64. The van der Waals surface area contributed by atoms with Gasteiger partial charge in [-0.3, -0.25) is 0 Å². The van der Waals surface area contributed by atoms with Gasteiger partial charge in [-0.25, -0.2) is 0 Å². The molecule has 7 heteroatoms. The molecule has 0 saturated carbocycles. The summed E-state index contributed by atoms with van der Waals surface area (Å²) in [5.74, 6) is 2.62. The van der Waals surface area contributed by atoms with E-state index in [1.54, 1.807) is 7.11 Å². The van der Waals surface area contributed by atoms with Crippen LogP contribution >= 0.6 is 12.2 Å². The number of hydrogen-bond donors (Lipinski definition) is 2. The molecule has 0 unspecified atom stereocenters. The summed E-state index contributed by atoms with van der Waals surface area (Å²) < 4.78 is 5.34. The first-order chi connectivity index (χ1) is 12.6. The van der Waals surface area contributed by atoms with E-state index in [2.05, 4.69) is 32.4 Å². The highest BCUT2D eigenvalue weighted by molar-refractivity contribution is 7.80. The summed E-state index contributed by atoms with van der Waals surface area (Å²) in [7, 11) is 1.61. The Kier molecular flexibility index (Phi) is 6.22. The lowest BCUT2D eigenvalue weighted by Gasteiger charge is -2.31. The number of piperidine rings is 1. The predicted octanol–water partition coefficient (Wildman–Crippen LogP) is 3.21. The molecule has 1 aliphatic heterocycles. The number of benzene rings is 1. The van der Waals surface area contributed by atoms with E-state index < -0.39 is 0 Å². The fraction of sp³-hybridized carbons (Fsp3) is 0.421. The third-order valence-corrected chi connectivity index (χ3v) is 4.77. The van der Waals surface area contributed by atoms with Crippen LogP contribution in [0.3, 0.4) is 0 Å². The van der Waals surface area contributed by atoms with Gasteiger partial charge in [-0.1, -0.05) is 37.3 Å². The first-order valence-electron chi connectivity index (χ1n) is 8.91. The number of nitrogens with zero attached hydrogens (tertiary/aromatic N) is 3. The highest BCUT2D eigenvalue weighted by atomic mass is 32.1. The molecule has 1 aromatic carbocycles. The van der Waals surface area contributed by atoms with E-state index in [4.69, 9.17) is 17.0 Å². The molecule has 2 heterocycles. The molecule has 3 rings (SSSR count). The fourth-order valence-electron chi connectivity index (χ4n) is 2.90. The molecule has 0 aliphatic carbocycles. The molecule has 0 amide bonds. The highest BCUT2D eigenvalue weighted by Gasteiger charge is 2.19. The van der Waals surface area contributed by atoms with Gasteiger partial charge in [-0.05, 0) is 36.5 Å². The van der Waals surface area contributed by atoms with Crippen LogP contribution in [0.15, 0.2) is 36.4 Å². The number of methoxy groups -OCH3 is 1. The molecule has 2 N–H and O–H groups in total. The molecule has 1 aliphatic rings. The fourth-order valence-corrected chi connectivity index (χ4v) is 3.06. The highest BCUT2D eigenvalue weighted by Crippen LogP contribution is 2.24. The van der Waals surface area contributed by atoms with Crippen molar-refractivity contribution in [3.63, 3.8) is 0 Å². The van der Waals surface area contributed by atoms with Gasteiger partial charge in [0.05, 0.1) is 7.11 Å². The minimum atomic E-state index is 0.448. The SMILES string of the molecule is COc1cc(N2CCC(C)CC2)nc(NC(=S)NCc2ccccc2)n1. The van der Waals surface area contributed by atoms with Crippen LogP contribution < -0.4 is 20.3 Å². The molecule has 1 aromatic heterocycles. The molecule has 6 nitrogen and oxygen atoms in total. The van der Waals surface area contributed by atoms with Crippen LogP contribution in [0.2, 0.25) is 0 Å². The first-order valence-corrected chi connectivity index (χ1v) is 9.31. The van der Waals surface area contributed by atoms with Crippen molar-refractivity contribution in [1.82, 2.24) is 15.3 Å². The Morgan fingerprint density at radius 2 is 1.96 bits per heavy atom. The minimum absolute atomic E-state index is 0.448. The number of nitrogens with one attached hydrogen (secondary N) is 2. The Morgan fingerprint density at radius 3 is 2.65 bits per heavy atom. The van der Waals surface area contributed by atoms with E-state index in [1.165, 1.54) is 12.8 Å². The second-order valence-electron chi connectivity index (χ2n) is 6.55. The maximum Gasteiger partial charge on any atom is 0.234 e. The summed E-state index contributed by atoms with van der Waals surface area (Å²) >= 11 is 5.37. The summed E-state index contributed by atoms with van der Waals surface area (Å²) in [6.07, 6.45) is 2.35. The normalized spacial score (nSPS) is 14.8. The standard InChI is InChI=1S/C19H25N5OS/c1-14-8-10-24(11-9-14)16-12-17(25-2)22-18(21-16)23-19(26)20-13-15-6-4-3-5-7-15/h3-7,12,14H,8-11,13H2,1-2H3,(H2,20,21,22,23,26). The van der Waals surface area contributed by atoms with Crippen LogP contribution in [-0.2, 0) is 6.54 Å². The van der Waals surface area contributed by atoms with Crippen molar-refractivity contribution < 1.29 is 4.74 Å². The average Bonchev–Trinajstić information content (AvgIpc) is 2.67. The summed E-state index contributed by atoms with van der Waals surface area (Å²) in [5.41, 5.74) is 1.16. The molecular formula is C19H25N5OS. The Bertz CT molecular complexity index is 732. The molecule has 1 saturated heterocycles. The molecule has 1 fully saturated rings. The third-order valence-electron chi connectivity index (χ3n) is 4.53. The number of aromatic nitrogens is 2. The van der Waals surface area contributed by atoms with Crippen molar-refractivity contribution >= 4 is 29.1 Å². The van der Waals surface area contributed by atoms with Crippen molar-refractivity contribution in [2.75, 3.05) is 30.4 Å². The summed E-state index contributed by atoms with van der Waals surface area (Å²) in [6, 6.07) is 12.0. The zero-order valence-electron chi connectivity index (χ0n) is 15.2. The molecule has 138 valence electrons. The van der Waals surface area contributed by atoms with Crippen molar-refractivity contribution in [3.8, 4) is 5.88 Å². The quantitative estimate of drug-likeness (QED) is 0.783. The van der Waals surface area contributed by atoms with Crippen LogP contribution in [0, 0.1) is 5.92 Å². The van der Waals surface area contributed by atoms with Gasteiger partial charge in [0.25, 0.3) is 0 Å². The van der Waals surface area contributed by atoms with Gasteiger partial charge >= 0.3 is 0 Å². The largest absolute Gasteiger partial charge is 0.481 e. The zero-order valence-corrected chi connectivity index (χ0v) is 16.1. The van der Waals surface area contributed by atoms with E-state index in [0.717, 1.165) is 30.4 Å². The number of thiocarbonyl (C=S) groups is 1. The summed E-state index contributed by atoms with van der Waals surface area (Å²) in [5, 5.41) is 6.73. The van der Waals surface area contributed by atoms with E-state index >= 15 is 0 Å². The molecule has 26 heavy (non-hydrogen) atoms. The van der Waals surface area contributed by atoms with Gasteiger partial charge in [0, 0.05) is 25.7 Å². The number of hydrogen-bond acceptors (Lipinski definition) is 5. The van der Waals surface area contributed by atoms with Crippen molar-refractivity contribution in [3.05, 3.63) is 42.0 Å². The van der Waals surface area contributed by atoms with Gasteiger partial charge in [0.1, 0.15) is 5.82 Å². The second kappa shape index (κ2) is 8.80. The molecule has 0 spiro atoms. The number of anilines is 2. The Morgan fingerprint density at radius 1 is 1.23 bits per heavy atom. The van der Waals surface area contributed by atoms with E-state index in [9.17, 15) is 0 Å². The first kappa shape index (κ1) is 18.4. The van der Waals surface area contributed by atoms with Gasteiger partial charge in [0.2, 0.25) is 11.8 Å². The lowest BCUT2D eigenvalue weighted by Crippen LogP contribution is -2.34. The second-order valence-corrected chi connectivity index (χ2v) is 6.96. The summed E-state index contributed by atoms with van der Waals surface area (Å²) in [4.78, 5) is 11.3. The topological polar surface area (TPSA) is 62.3 Å². The zero-order chi connectivity index (χ0) is 18.4. The van der Waals surface area contributed by atoms with Crippen molar-refractivity contribution in [2.24, 2.45) is 5.92 Å². The molecule has 0 atom stereocenters. The monoisotopic (exact) mass is 371 g/mol. The van der Waals surface area contributed by atoms with Gasteiger partial charge in [-0.15, -0.1) is 0 Å². The van der Waals surface area contributed by atoms with Crippen LogP contribution in [0.25, 0.3) is 0 Å².